The third-order valence-electron chi connectivity index (χ3n) is 4.47. The number of rotatable bonds is 8. The predicted octanol–water partition coefficient (Wildman–Crippen LogP) is 6.86. The van der Waals surface area contributed by atoms with Crippen molar-refractivity contribution in [2.75, 3.05) is 12.5 Å². The topological polar surface area (TPSA) is 86.0 Å². The number of benzene rings is 3. The van der Waals surface area contributed by atoms with Gasteiger partial charge >= 0.3 is 6.18 Å². The molecule has 0 aromatic heterocycles. The summed E-state index contributed by atoms with van der Waals surface area (Å²) in [7, 11) is 1.49. The monoisotopic (exact) mass is 697 g/mol. The fraction of sp³-hybridized carbons (Fsp3) is 0.136. The first-order chi connectivity index (χ1) is 16.1. The highest BCUT2D eigenvalue weighted by molar-refractivity contribution is 14.1. The molecule has 1 N–H and O–H groups in total. The van der Waals surface area contributed by atoms with E-state index < -0.39 is 22.4 Å². The van der Waals surface area contributed by atoms with Crippen LogP contribution in [0.1, 0.15) is 16.7 Å². The zero-order chi connectivity index (χ0) is 24.9. The Labute approximate surface area is 219 Å². The molecular formula is C22H16F3I2N3O4. The highest BCUT2D eigenvalue weighted by atomic mass is 127. The SMILES string of the molecule is COc1cc(/C=N\Nc2ccc(C(F)(F)F)cc2[N+](=O)[O-])cc(I)c1OCc1ccc(I)cc1. The zero-order valence-corrected chi connectivity index (χ0v) is 21.7. The van der Waals surface area contributed by atoms with E-state index in [2.05, 4.69) is 55.7 Å². The molecule has 0 fully saturated rings. The van der Waals surface area contributed by atoms with E-state index in [1.807, 2.05) is 24.3 Å². The first kappa shape index (κ1) is 26.0. The summed E-state index contributed by atoms with van der Waals surface area (Å²) in [4.78, 5) is 10.3. The lowest BCUT2D eigenvalue weighted by atomic mass is 10.1. The van der Waals surface area contributed by atoms with Crippen LogP contribution >= 0.6 is 45.2 Å². The summed E-state index contributed by atoms with van der Waals surface area (Å²) in [6, 6.07) is 13.5. The Kier molecular flexibility index (Phi) is 8.57. The number of alkyl halides is 3. The van der Waals surface area contributed by atoms with Crippen LogP contribution in [-0.2, 0) is 12.8 Å². The van der Waals surface area contributed by atoms with E-state index in [0.29, 0.717) is 29.7 Å². The van der Waals surface area contributed by atoms with Crippen LogP contribution in [-0.4, -0.2) is 18.2 Å². The second-order valence-electron chi connectivity index (χ2n) is 6.81. The highest BCUT2D eigenvalue weighted by Gasteiger charge is 2.33. The van der Waals surface area contributed by atoms with Crippen molar-refractivity contribution in [3.8, 4) is 11.5 Å². The van der Waals surface area contributed by atoms with Gasteiger partial charge in [-0.2, -0.15) is 18.3 Å². The van der Waals surface area contributed by atoms with Gasteiger partial charge in [0, 0.05) is 9.64 Å². The van der Waals surface area contributed by atoms with Gasteiger partial charge in [0.15, 0.2) is 11.5 Å². The third kappa shape index (κ3) is 6.71. The molecule has 0 saturated heterocycles. The minimum Gasteiger partial charge on any atom is -0.493 e. The van der Waals surface area contributed by atoms with Gasteiger partial charge in [-0.1, -0.05) is 12.1 Å². The molecule has 0 unspecified atom stereocenters. The summed E-state index contributed by atoms with van der Waals surface area (Å²) in [6.07, 6.45) is -3.32. The molecule has 3 aromatic carbocycles. The van der Waals surface area contributed by atoms with E-state index >= 15 is 0 Å². The number of hydrazone groups is 1. The molecule has 0 aliphatic heterocycles. The molecule has 0 spiro atoms. The van der Waals surface area contributed by atoms with E-state index in [-0.39, 0.29) is 5.69 Å². The smallest absolute Gasteiger partial charge is 0.416 e. The molecule has 0 saturated carbocycles. The number of hydrogen-bond acceptors (Lipinski definition) is 6. The number of methoxy groups -OCH3 is 1. The fourth-order valence-electron chi connectivity index (χ4n) is 2.82. The maximum atomic E-state index is 12.8. The van der Waals surface area contributed by atoms with Gasteiger partial charge in [0.05, 0.1) is 27.4 Å². The van der Waals surface area contributed by atoms with Gasteiger partial charge in [-0.05, 0) is 92.7 Å². The van der Waals surface area contributed by atoms with Gasteiger partial charge in [0.2, 0.25) is 0 Å². The Morgan fingerprint density at radius 2 is 1.82 bits per heavy atom. The van der Waals surface area contributed by atoms with Crippen LogP contribution in [0.5, 0.6) is 11.5 Å². The van der Waals surface area contributed by atoms with Gasteiger partial charge in [-0.25, -0.2) is 0 Å². The lowest BCUT2D eigenvalue weighted by molar-refractivity contribution is -0.384. The Hall–Kier alpha value is -2.62. The number of hydrogen-bond donors (Lipinski definition) is 1. The van der Waals surface area contributed by atoms with Crippen molar-refractivity contribution in [1.29, 1.82) is 0 Å². The maximum absolute atomic E-state index is 12.8. The predicted molar refractivity (Wildman–Crippen MR) is 139 cm³/mol. The standard InChI is InChI=1S/C22H16F3I2N3O4/c1-33-20-9-14(8-17(27)21(20)34-12-13-2-5-16(26)6-3-13)11-28-29-18-7-4-15(22(23,24)25)10-19(18)30(31)32/h2-11,29H,12H2,1H3/b28-11-. The Morgan fingerprint density at radius 3 is 2.44 bits per heavy atom. The number of nitrogens with zero attached hydrogens (tertiary/aromatic N) is 2. The van der Waals surface area contributed by atoms with E-state index in [0.717, 1.165) is 24.8 Å². The number of halogens is 5. The van der Waals surface area contributed by atoms with Gasteiger partial charge in [0.25, 0.3) is 5.69 Å². The molecule has 0 aliphatic rings. The normalized spacial score (nSPS) is 11.5. The zero-order valence-electron chi connectivity index (χ0n) is 17.4. The third-order valence-corrected chi connectivity index (χ3v) is 5.99. The maximum Gasteiger partial charge on any atom is 0.416 e. The first-order valence-electron chi connectivity index (χ1n) is 9.48. The van der Waals surface area contributed by atoms with Crippen LogP contribution in [0.25, 0.3) is 0 Å². The molecule has 34 heavy (non-hydrogen) atoms. The molecule has 0 bridgehead atoms. The van der Waals surface area contributed by atoms with Gasteiger partial charge in [-0.3, -0.25) is 15.5 Å². The molecule has 7 nitrogen and oxygen atoms in total. The van der Waals surface area contributed by atoms with E-state index in [9.17, 15) is 23.3 Å². The lowest BCUT2D eigenvalue weighted by Crippen LogP contribution is -2.06. The summed E-state index contributed by atoms with van der Waals surface area (Å²) in [5.74, 6) is 1.00. The van der Waals surface area contributed by atoms with Crippen LogP contribution in [0.15, 0.2) is 59.7 Å². The molecule has 178 valence electrons. The molecule has 0 aliphatic carbocycles. The molecule has 3 aromatic rings. The van der Waals surface area contributed by atoms with Gasteiger partial charge in [0.1, 0.15) is 12.3 Å². The molecule has 0 heterocycles. The summed E-state index contributed by atoms with van der Waals surface area (Å²) < 4.78 is 51.8. The number of nitro benzene ring substituents is 1. The van der Waals surface area contributed by atoms with Crippen molar-refractivity contribution < 1.29 is 27.6 Å². The minimum atomic E-state index is -4.69. The van der Waals surface area contributed by atoms with Crippen molar-refractivity contribution in [2.45, 2.75) is 12.8 Å². The largest absolute Gasteiger partial charge is 0.493 e. The molecule has 3 rings (SSSR count). The first-order valence-corrected chi connectivity index (χ1v) is 11.6. The van der Waals surface area contributed by atoms with Crippen molar-refractivity contribution in [1.82, 2.24) is 0 Å². The summed E-state index contributed by atoms with van der Waals surface area (Å²) in [6.45, 7) is 0.343. The Morgan fingerprint density at radius 1 is 1.12 bits per heavy atom. The molecule has 0 radical (unpaired) electrons. The van der Waals surface area contributed by atoms with Crippen LogP contribution in [0.3, 0.4) is 0 Å². The average Bonchev–Trinajstić information content (AvgIpc) is 2.78. The lowest BCUT2D eigenvalue weighted by Gasteiger charge is -2.13. The van der Waals surface area contributed by atoms with Crippen molar-refractivity contribution >= 4 is 62.8 Å². The second kappa shape index (κ2) is 11.2. The van der Waals surface area contributed by atoms with E-state index in [4.69, 9.17) is 9.47 Å². The second-order valence-corrected chi connectivity index (χ2v) is 9.21. The van der Waals surface area contributed by atoms with Crippen molar-refractivity contribution in [3.63, 3.8) is 0 Å². The number of nitrogens with one attached hydrogen (secondary N) is 1. The van der Waals surface area contributed by atoms with E-state index in [1.54, 1.807) is 12.1 Å². The number of anilines is 1. The van der Waals surface area contributed by atoms with Gasteiger partial charge in [-0.15, -0.1) is 0 Å². The Balaban J connectivity index is 1.77. The Bertz CT molecular complexity index is 1220. The average molecular weight is 697 g/mol. The van der Waals surface area contributed by atoms with Crippen molar-refractivity contribution in [2.24, 2.45) is 5.10 Å². The summed E-state index contributed by atoms with van der Waals surface area (Å²) >= 11 is 4.31. The van der Waals surface area contributed by atoms with Crippen LogP contribution in [0, 0.1) is 17.3 Å². The minimum absolute atomic E-state index is 0.173. The quantitative estimate of drug-likeness (QED) is 0.121. The summed E-state index contributed by atoms with van der Waals surface area (Å²) in [5, 5.41) is 15.1. The molecule has 0 atom stereocenters. The number of nitro groups is 1. The molecular weight excluding hydrogens is 681 g/mol. The van der Waals surface area contributed by atoms with Crippen molar-refractivity contribution in [3.05, 3.63) is 88.5 Å². The molecule has 0 amide bonds. The van der Waals surface area contributed by atoms with Crippen LogP contribution in [0.4, 0.5) is 24.5 Å². The van der Waals surface area contributed by atoms with Gasteiger partial charge < -0.3 is 9.47 Å². The van der Waals surface area contributed by atoms with Crippen LogP contribution < -0.4 is 14.9 Å². The molecule has 12 heteroatoms. The highest BCUT2D eigenvalue weighted by Crippen LogP contribution is 2.36. The number of ether oxygens (including phenoxy) is 2. The fourth-order valence-corrected chi connectivity index (χ4v) is 3.96. The van der Waals surface area contributed by atoms with Crippen LogP contribution in [0.2, 0.25) is 0 Å². The summed E-state index contributed by atoms with van der Waals surface area (Å²) in [5.41, 5.74) is 1.98. The van der Waals surface area contributed by atoms with E-state index in [1.165, 1.54) is 13.3 Å².